The first-order chi connectivity index (χ1) is 11.2. The Morgan fingerprint density at radius 3 is 3.04 bits per heavy atom. The summed E-state index contributed by atoms with van der Waals surface area (Å²) in [5, 5.41) is 2.88. The zero-order valence-electron chi connectivity index (χ0n) is 13.8. The van der Waals surface area contributed by atoms with E-state index in [-0.39, 0.29) is 12.0 Å². The predicted molar refractivity (Wildman–Crippen MR) is 89.2 cm³/mol. The Labute approximate surface area is 138 Å². The smallest absolute Gasteiger partial charge is 0.249 e. The van der Waals surface area contributed by atoms with Crippen LogP contribution in [0, 0.1) is 0 Å². The van der Waals surface area contributed by atoms with Gasteiger partial charge >= 0.3 is 0 Å². The van der Waals surface area contributed by atoms with Gasteiger partial charge in [0.15, 0.2) is 0 Å². The number of ether oxygens (including phenoxy) is 2. The van der Waals surface area contributed by atoms with Crippen molar-refractivity contribution in [2.24, 2.45) is 0 Å². The molecule has 1 aromatic heterocycles. The van der Waals surface area contributed by atoms with E-state index in [2.05, 4.69) is 16.9 Å². The molecule has 1 amide bonds. The molecule has 126 valence electrons. The van der Waals surface area contributed by atoms with E-state index >= 15 is 0 Å². The molecule has 0 aliphatic heterocycles. The monoisotopic (exact) mass is 318 g/mol. The van der Waals surface area contributed by atoms with Gasteiger partial charge in [-0.1, -0.05) is 12.1 Å². The summed E-state index contributed by atoms with van der Waals surface area (Å²) in [6.07, 6.45) is 8.58. The second-order valence-corrected chi connectivity index (χ2v) is 5.80. The van der Waals surface area contributed by atoms with Crippen molar-refractivity contribution in [3.05, 3.63) is 36.5 Å². The van der Waals surface area contributed by atoms with E-state index in [0.717, 1.165) is 24.8 Å². The minimum Gasteiger partial charge on any atom is -0.474 e. The number of rotatable bonds is 9. The van der Waals surface area contributed by atoms with E-state index < -0.39 is 6.10 Å². The van der Waals surface area contributed by atoms with Crippen molar-refractivity contribution in [3.8, 4) is 5.88 Å². The third kappa shape index (κ3) is 5.67. The molecule has 1 fully saturated rings. The van der Waals surface area contributed by atoms with E-state index in [1.54, 1.807) is 19.2 Å². The van der Waals surface area contributed by atoms with Crippen LogP contribution in [0.15, 0.2) is 31.0 Å². The molecule has 0 aromatic carbocycles. The highest BCUT2D eigenvalue weighted by molar-refractivity contribution is 5.80. The lowest BCUT2D eigenvalue weighted by Crippen LogP contribution is -2.34. The van der Waals surface area contributed by atoms with Crippen molar-refractivity contribution in [2.45, 2.75) is 57.8 Å². The van der Waals surface area contributed by atoms with E-state index in [1.807, 2.05) is 12.1 Å². The van der Waals surface area contributed by atoms with Gasteiger partial charge in [0.2, 0.25) is 11.8 Å². The fourth-order valence-electron chi connectivity index (χ4n) is 2.56. The summed E-state index contributed by atoms with van der Waals surface area (Å²) in [4.78, 5) is 16.4. The molecule has 1 aliphatic carbocycles. The number of carbonyl (C=O) groups is 1. The van der Waals surface area contributed by atoms with E-state index in [0.29, 0.717) is 19.0 Å². The van der Waals surface area contributed by atoms with Crippen molar-refractivity contribution in [1.29, 1.82) is 0 Å². The van der Waals surface area contributed by atoms with Gasteiger partial charge in [0.1, 0.15) is 12.2 Å². The number of hydrogen-bond acceptors (Lipinski definition) is 4. The Kier molecular flexibility index (Phi) is 7.07. The van der Waals surface area contributed by atoms with Crippen LogP contribution in [0.1, 0.15) is 44.6 Å². The third-order valence-corrected chi connectivity index (χ3v) is 3.94. The van der Waals surface area contributed by atoms with Crippen LogP contribution in [0.4, 0.5) is 0 Å². The summed E-state index contributed by atoms with van der Waals surface area (Å²) in [7, 11) is 0. The molecule has 0 bridgehead atoms. The van der Waals surface area contributed by atoms with Crippen LogP contribution in [0.5, 0.6) is 5.88 Å². The zero-order chi connectivity index (χ0) is 16.5. The fraction of sp³-hybridized carbons (Fsp3) is 0.556. The number of pyridine rings is 1. The summed E-state index contributed by atoms with van der Waals surface area (Å²) in [5.74, 6) is 0.490. The lowest BCUT2D eigenvalue weighted by Gasteiger charge is -2.16. The number of carbonyl (C=O) groups excluding carboxylic acids is 1. The molecule has 0 saturated heterocycles. The van der Waals surface area contributed by atoms with Gasteiger partial charge in [-0.25, -0.2) is 4.98 Å². The van der Waals surface area contributed by atoms with Crippen LogP contribution >= 0.6 is 0 Å². The Hall–Kier alpha value is -1.88. The van der Waals surface area contributed by atoms with Crippen molar-refractivity contribution < 1.29 is 14.3 Å². The molecular weight excluding hydrogens is 292 g/mol. The van der Waals surface area contributed by atoms with Crippen LogP contribution < -0.4 is 10.1 Å². The Morgan fingerprint density at radius 1 is 1.52 bits per heavy atom. The molecule has 1 aromatic rings. The lowest BCUT2D eigenvalue weighted by atomic mass is 10.2. The summed E-state index contributed by atoms with van der Waals surface area (Å²) in [5.41, 5.74) is 0.894. The number of hydrogen-bond donors (Lipinski definition) is 1. The first kappa shape index (κ1) is 17.5. The van der Waals surface area contributed by atoms with Crippen LogP contribution in [0.25, 0.3) is 0 Å². The minimum absolute atomic E-state index is 0.135. The predicted octanol–water partition coefficient (Wildman–Crippen LogP) is 3.00. The largest absolute Gasteiger partial charge is 0.474 e. The lowest BCUT2D eigenvalue weighted by molar-refractivity contribution is -0.131. The molecule has 1 atom stereocenters. The number of aromatic nitrogens is 1. The molecule has 1 saturated carbocycles. The molecule has 0 spiro atoms. The van der Waals surface area contributed by atoms with Crippen molar-refractivity contribution in [3.63, 3.8) is 0 Å². The first-order valence-corrected chi connectivity index (χ1v) is 8.31. The molecule has 1 aliphatic rings. The molecule has 2 rings (SSSR count). The second kappa shape index (κ2) is 9.30. The van der Waals surface area contributed by atoms with E-state index in [1.165, 1.54) is 12.8 Å². The van der Waals surface area contributed by atoms with Gasteiger partial charge in [0, 0.05) is 18.3 Å². The maximum atomic E-state index is 12.0. The molecule has 5 nitrogen and oxygen atoms in total. The minimum atomic E-state index is -0.481. The first-order valence-electron chi connectivity index (χ1n) is 8.31. The van der Waals surface area contributed by atoms with Crippen LogP contribution in [0.2, 0.25) is 0 Å². The maximum Gasteiger partial charge on any atom is 0.249 e. The molecule has 5 heteroatoms. The van der Waals surface area contributed by atoms with Crippen LogP contribution in [0.3, 0.4) is 0 Å². The molecular formula is C18H26N2O3. The van der Waals surface area contributed by atoms with Crippen LogP contribution in [-0.4, -0.2) is 29.7 Å². The van der Waals surface area contributed by atoms with Gasteiger partial charge in [0.05, 0.1) is 6.61 Å². The highest BCUT2D eigenvalue weighted by Gasteiger charge is 2.19. The van der Waals surface area contributed by atoms with Gasteiger partial charge in [-0.05, 0) is 45.1 Å². The Morgan fingerprint density at radius 2 is 2.30 bits per heavy atom. The maximum absolute atomic E-state index is 12.0. The third-order valence-electron chi connectivity index (χ3n) is 3.94. The molecule has 0 radical (unpaired) electrons. The van der Waals surface area contributed by atoms with Gasteiger partial charge in [-0.15, -0.1) is 6.58 Å². The highest BCUT2D eigenvalue weighted by atomic mass is 16.5. The SMILES string of the molecule is C=CCCOC(C)C(=O)NCc1cccnc1OC1CCCC1. The normalized spacial score (nSPS) is 16.0. The Bertz CT molecular complexity index is 513. The molecule has 1 N–H and O–H groups in total. The number of amides is 1. The quantitative estimate of drug-likeness (QED) is 0.562. The average Bonchev–Trinajstić information content (AvgIpc) is 3.07. The van der Waals surface area contributed by atoms with E-state index in [4.69, 9.17) is 9.47 Å². The summed E-state index contributed by atoms with van der Waals surface area (Å²) in [6.45, 7) is 6.27. The molecule has 1 unspecified atom stereocenters. The van der Waals surface area contributed by atoms with Gasteiger partial charge in [-0.2, -0.15) is 0 Å². The van der Waals surface area contributed by atoms with Gasteiger partial charge in [-0.3, -0.25) is 4.79 Å². The number of nitrogens with one attached hydrogen (secondary N) is 1. The summed E-state index contributed by atoms with van der Waals surface area (Å²) < 4.78 is 11.4. The molecule has 1 heterocycles. The van der Waals surface area contributed by atoms with Gasteiger partial charge in [0.25, 0.3) is 0 Å². The highest BCUT2D eigenvalue weighted by Crippen LogP contribution is 2.24. The topological polar surface area (TPSA) is 60.5 Å². The van der Waals surface area contributed by atoms with Gasteiger partial charge < -0.3 is 14.8 Å². The summed E-state index contributed by atoms with van der Waals surface area (Å²) >= 11 is 0. The van der Waals surface area contributed by atoms with Crippen molar-refractivity contribution in [1.82, 2.24) is 10.3 Å². The van der Waals surface area contributed by atoms with Crippen molar-refractivity contribution in [2.75, 3.05) is 6.61 Å². The Balaban J connectivity index is 1.84. The van der Waals surface area contributed by atoms with Crippen LogP contribution in [-0.2, 0) is 16.1 Å². The van der Waals surface area contributed by atoms with E-state index in [9.17, 15) is 4.79 Å². The average molecular weight is 318 g/mol. The standard InChI is InChI=1S/C18H26N2O3/c1-3-4-12-22-14(2)17(21)20-13-15-8-7-11-19-18(15)23-16-9-5-6-10-16/h3,7-8,11,14,16H,1,4-6,9-10,12-13H2,2H3,(H,20,21). The van der Waals surface area contributed by atoms with Crippen molar-refractivity contribution >= 4 is 5.91 Å². The second-order valence-electron chi connectivity index (χ2n) is 5.80. The zero-order valence-corrected chi connectivity index (χ0v) is 13.8. The summed E-state index contributed by atoms with van der Waals surface area (Å²) in [6, 6.07) is 3.79. The number of nitrogens with zero attached hydrogens (tertiary/aromatic N) is 1. The fourth-order valence-corrected chi connectivity index (χ4v) is 2.56. The molecule has 23 heavy (non-hydrogen) atoms.